The summed E-state index contributed by atoms with van der Waals surface area (Å²) in [7, 11) is 0. The van der Waals surface area contributed by atoms with Crippen molar-refractivity contribution < 1.29 is 9.52 Å². The van der Waals surface area contributed by atoms with Gasteiger partial charge in [0, 0.05) is 11.6 Å². The zero-order valence-electron chi connectivity index (χ0n) is 10.6. The van der Waals surface area contributed by atoms with Gasteiger partial charge in [0.15, 0.2) is 5.58 Å². The summed E-state index contributed by atoms with van der Waals surface area (Å²) in [6.07, 6.45) is -0.651. The average Bonchev–Trinajstić information content (AvgIpc) is 2.88. The number of halogens is 1. The molecule has 3 aromatic rings. The molecule has 0 aliphatic heterocycles. The fourth-order valence-corrected chi connectivity index (χ4v) is 2.06. The molecule has 102 valence electrons. The highest BCUT2D eigenvalue weighted by molar-refractivity contribution is 6.30. The van der Waals surface area contributed by atoms with Crippen LogP contribution in [-0.2, 0) is 0 Å². The maximum atomic E-state index is 10.1. The van der Waals surface area contributed by atoms with Gasteiger partial charge in [-0.3, -0.25) is 0 Å². The van der Waals surface area contributed by atoms with Crippen molar-refractivity contribution in [2.45, 2.75) is 6.10 Å². The van der Waals surface area contributed by atoms with Gasteiger partial charge in [-0.2, -0.15) is 4.98 Å². The third kappa shape index (κ3) is 2.76. The van der Waals surface area contributed by atoms with Crippen LogP contribution in [0.1, 0.15) is 11.7 Å². The van der Waals surface area contributed by atoms with Crippen LogP contribution in [-0.4, -0.2) is 16.6 Å². The van der Waals surface area contributed by atoms with E-state index in [1.807, 2.05) is 24.3 Å². The van der Waals surface area contributed by atoms with Crippen molar-refractivity contribution in [2.75, 3.05) is 11.9 Å². The van der Waals surface area contributed by atoms with E-state index in [0.29, 0.717) is 17.6 Å². The molecule has 20 heavy (non-hydrogen) atoms. The van der Waals surface area contributed by atoms with E-state index in [4.69, 9.17) is 16.0 Å². The number of fused-ring (bicyclic) bond motifs is 1. The highest BCUT2D eigenvalue weighted by Crippen LogP contribution is 2.20. The van der Waals surface area contributed by atoms with Crippen molar-refractivity contribution >= 4 is 28.7 Å². The van der Waals surface area contributed by atoms with Crippen LogP contribution in [0.3, 0.4) is 0 Å². The minimum atomic E-state index is -0.651. The maximum Gasteiger partial charge on any atom is 0.295 e. The summed E-state index contributed by atoms with van der Waals surface area (Å²) < 4.78 is 5.52. The average molecular weight is 289 g/mol. The first-order valence-electron chi connectivity index (χ1n) is 6.25. The zero-order valence-corrected chi connectivity index (χ0v) is 11.3. The molecular formula is C15H13ClN2O2. The second-order valence-corrected chi connectivity index (χ2v) is 4.87. The number of nitrogens with one attached hydrogen (secondary N) is 1. The molecule has 0 saturated heterocycles. The maximum absolute atomic E-state index is 10.1. The van der Waals surface area contributed by atoms with E-state index < -0.39 is 6.10 Å². The number of nitrogens with zero attached hydrogens (tertiary/aromatic N) is 1. The Kier molecular flexibility index (Phi) is 3.58. The summed E-state index contributed by atoms with van der Waals surface area (Å²) >= 11 is 5.81. The summed E-state index contributed by atoms with van der Waals surface area (Å²) in [5.41, 5.74) is 2.30. The van der Waals surface area contributed by atoms with E-state index in [-0.39, 0.29) is 0 Å². The molecule has 2 aromatic carbocycles. The first-order chi connectivity index (χ1) is 9.72. The summed E-state index contributed by atoms with van der Waals surface area (Å²) in [4.78, 5) is 4.28. The van der Waals surface area contributed by atoms with E-state index in [1.54, 1.807) is 24.3 Å². The Hall–Kier alpha value is -2.04. The van der Waals surface area contributed by atoms with E-state index >= 15 is 0 Å². The fraction of sp³-hybridized carbons (Fsp3) is 0.133. The molecular weight excluding hydrogens is 276 g/mol. The van der Waals surface area contributed by atoms with Gasteiger partial charge in [-0.05, 0) is 29.8 Å². The monoisotopic (exact) mass is 288 g/mol. The van der Waals surface area contributed by atoms with Gasteiger partial charge in [0.05, 0.1) is 6.10 Å². The Morgan fingerprint density at radius 2 is 1.90 bits per heavy atom. The lowest BCUT2D eigenvalue weighted by Gasteiger charge is -2.10. The molecule has 0 saturated carbocycles. The van der Waals surface area contributed by atoms with Crippen LogP contribution in [0, 0.1) is 0 Å². The number of aromatic nitrogens is 1. The molecule has 0 radical (unpaired) electrons. The molecule has 2 N–H and O–H groups in total. The van der Waals surface area contributed by atoms with E-state index in [1.165, 1.54) is 0 Å². The van der Waals surface area contributed by atoms with Gasteiger partial charge in [-0.25, -0.2) is 0 Å². The third-order valence-corrected chi connectivity index (χ3v) is 3.25. The predicted molar refractivity (Wildman–Crippen MR) is 78.9 cm³/mol. The molecule has 0 fully saturated rings. The molecule has 0 aliphatic rings. The van der Waals surface area contributed by atoms with Crippen molar-refractivity contribution in [3.63, 3.8) is 0 Å². The SMILES string of the molecule is O[C@@H](CNc1nc2ccccc2o1)c1ccc(Cl)cc1. The number of hydrogen-bond acceptors (Lipinski definition) is 4. The number of para-hydroxylation sites is 2. The molecule has 1 heterocycles. The summed E-state index contributed by atoms with van der Waals surface area (Å²) in [5, 5.41) is 13.7. The van der Waals surface area contributed by atoms with Gasteiger partial charge in [0.1, 0.15) is 5.52 Å². The number of aliphatic hydroxyl groups excluding tert-OH is 1. The number of oxazole rings is 1. The third-order valence-electron chi connectivity index (χ3n) is 3.00. The Labute approximate surface area is 121 Å². The second kappa shape index (κ2) is 5.53. The van der Waals surface area contributed by atoms with Gasteiger partial charge >= 0.3 is 0 Å². The summed E-state index contributed by atoms with van der Waals surface area (Å²) in [6, 6.07) is 15.0. The molecule has 1 aromatic heterocycles. The number of anilines is 1. The fourth-order valence-electron chi connectivity index (χ4n) is 1.93. The molecule has 3 rings (SSSR count). The highest BCUT2D eigenvalue weighted by Gasteiger charge is 2.10. The highest BCUT2D eigenvalue weighted by atomic mass is 35.5. The number of aliphatic hydroxyl groups is 1. The van der Waals surface area contributed by atoms with Gasteiger partial charge in [-0.1, -0.05) is 35.9 Å². The Bertz CT molecular complexity index is 676. The lowest BCUT2D eigenvalue weighted by atomic mass is 10.1. The van der Waals surface area contributed by atoms with Crippen LogP contribution in [0.4, 0.5) is 6.01 Å². The Morgan fingerprint density at radius 3 is 2.65 bits per heavy atom. The molecule has 5 heteroatoms. The van der Waals surface area contributed by atoms with Crippen LogP contribution in [0.5, 0.6) is 0 Å². The van der Waals surface area contributed by atoms with Crippen LogP contribution in [0.2, 0.25) is 5.02 Å². The first kappa shape index (κ1) is 13.0. The molecule has 0 bridgehead atoms. The second-order valence-electron chi connectivity index (χ2n) is 4.43. The molecule has 4 nitrogen and oxygen atoms in total. The van der Waals surface area contributed by atoms with Gasteiger partial charge in [-0.15, -0.1) is 0 Å². The quantitative estimate of drug-likeness (QED) is 0.770. The zero-order chi connectivity index (χ0) is 13.9. The van der Waals surface area contributed by atoms with Crippen molar-refractivity contribution in [1.29, 1.82) is 0 Å². The Morgan fingerprint density at radius 1 is 1.15 bits per heavy atom. The van der Waals surface area contributed by atoms with Crippen LogP contribution in [0.25, 0.3) is 11.1 Å². The summed E-state index contributed by atoms with van der Waals surface area (Å²) in [5.74, 6) is 0. The van der Waals surface area contributed by atoms with Gasteiger partial charge < -0.3 is 14.8 Å². The Balaban J connectivity index is 1.68. The van der Waals surface area contributed by atoms with Crippen LogP contribution >= 0.6 is 11.6 Å². The molecule has 0 amide bonds. The number of rotatable bonds is 4. The smallest absolute Gasteiger partial charge is 0.295 e. The lowest BCUT2D eigenvalue weighted by molar-refractivity contribution is 0.191. The van der Waals surface area contributed by atoms with E-state index in [0.717, 1.165) is 16.7 Å². The molecule has 1 atom stereocenters. The summed E-state index contributed by atoms with van der Waals surface area (Å²) in [6.45, 7) is 0.314. The molecule has 0 spiro atoms. The van der Waals surface area contributed by atoms with E-state index in [9.17, 15) is 5.11 Å². The normalized spacial score (nSPS) is 12.5. The molecule has 0 aliphatic carbocycles. The number of hydrogen-bond donors (Lipinski definition) is 2. The van der Waals surface area contributed by atoms with Crippen molar-refractivity contribution in [3.8, 4) is 0 Å². The van der Waals surface area contributed by atoms with Crippen molar-refractivity contribution in [1.82, 2.24) is 4.98 Å². The number of benzene rings is 2. The van der Waals surface area contributed by atoms with E-state index in [2.05, 4.69) is 10.3 Å². The molecule has 0 unspecified atom stereocenters. The van der Waals surface area contributed by atoms with Gasteiger partial charge in [0.25, 0.3) is 6.01 Å². The van der Waals surface area contributed by atoms with Crippen LogP contribution in [0.15, 0.2) is 52.9 Å². The minimum absolute atomic E-state index is 0.314. The first-order valence-corrected chi connectivity index (χ1v) is 6.63. The standard InChI is InChI=1S/C15H13ClN2O2/c16-11-7-5-10(6-8-11)13(19)9-17-15-18-12-3-1-2-4-14(12)20-15/h1-8,13,19H,9H2,(H,17,18)/t13-/m0/s1. The largest absolute Gasteiger partial charge is 0.424 e. The minimum Gasteiger partial charge on any atom is -0.424 e. The van der Waals surface area contributed by atoms with Crippen molar-refractivity contribution in [2.24, 2.45) is 0 Å². The van der Waals surface area contributed by atoms with Crippen LogP contribution < -0.4 is 5.32 Å². The lowest BCUT2D eigenvalue weighted by Crippen LogP contribution is -2.12. The topological polar surface area (TPSA) is 58.3 Å². The predicted octanol–water partition coefficient (Wildman–Crippen LogP) is 3.63. The van der Waals surface area contributed by atoms with Gasteiger partial charge in [0.2, 0.25) is 0 Å². The van der Waals surface area contributed by atoms with Crippen molar-refractivity contribution in [3.05, 3.63) is 59.1 Å².